The molecule has 4 nitrogen and oxygen atoms in total. The summed E-state index contributed by atoms with van der Waals surface area (Å²) in [5, 5.41) is 0. The lowest BCUT2D eigenvalue weighted by molar-refractivity contribution is -0.151. The van der Waals surface area contributed by atoms with E-state index in [-0.39, 0.29) is 5.91 Å². The van der Waals surface area contributed by atoms with Gasteiger partial charge in [-0.3, -0.25) is 9.59 Å². The Morgan fingerprint density at radius 1 is 1.28 bits per heavy atom. The Morgan fingerprint density at radius 2 is 1.89 bits per heavy atom. The van der Waals surface area contributed by atoms with Crippen LogP contribution in [-0.2, 0) is 14.3 Å². The van der Waals surface area contributed by atoms with Crippen LogP contribution in [0.2, 0.25) is 0 Å². The minimum atomic E-state index is -0.930. The van der Waals surface area contributed by atoms with Crippen LogP contribution >= 0.6 is 0 Å². The SMILES string of the molecule is CCN(C(=O)C1(C(=O)OC)CC1)c1ccccc1. The van der Waals surface area contributed by atoms with E-state index in [4.69, 9.17) is 4.74 Å². The summed E-state index contributed by atoms with van der Waals surface area (Å²) in [4.78, 5) is 25.8. The van der Waals surface area contributed by atoms with Gasteiger partial charge in [-0.15, -0.1) is 0 Å². The number of ether oxygens (including phenoxy) is 1. The van der Waals surface area contributed by atoms with Crippen LogP contribution in [-0.4, -0.2) is 25.5 Å². The van der Waals surface area contributed by atoms with E-state index in [2.05, 4.69) is 0 Å². The molecule has 2 rings (SSSR count). The number of amides is 1. The van der Waals surface area contributed by atoms with Crippen molar-refractivity contribution in [3.8, 4) is 0 Å². The highest BCUT2D eigenvalue weighted by Crippen LogP contribution is 2.48. The maximum absolute atomic E-state index is 12.5. The van der Waals surface area contributed by atoms with Gasteiger partial charge in [0.15, 0.2) is 0 Å². The minimum absolute atomic E-state index is 0.150. The molecule has 0 N–H and O–H groups in total. The van der Waals surface area contributed by atoms with Crippen molar-refractivity contribution in [3.05, 3.63) is 30.3 Å². The van der Waals surface area contributed by atoms with E-state index in [0.717, 1.165) is 5.69 Å². The maximum Gasteiger partial charge on any atom is 0.321 e. The van der Waals surface area contributed by atoms with Crippen LogP contribution < -0.4 is 4.90 Å². The number of para-hydroxylation sites is 1. The van der Waals surface area contributed by atoms with Gasteiger partial charge in [0, 0.05) is 12.2 Å². The summed E-state index contributed by atoms with van der Waals surface area (Å²) in [6.45, 7) is 2.44. The van der Waals surface area contributed by atoms with E-state index in [1.54, 1.807) is 4.90 Å². The first-order valence-corrected chi connectivity index (χ1v) is 6.11. The van der Waals surface area contributed by atoms with Crippen molar-refractivity contribution in [1.82, 2.24) is 0 Å². The number of rotatable bonds is 4. The van der Waals surface area contributed by atoms with Gasteiger partial charge in [0.1, 0.15) is 5.41 Å². The molecule has 0 radical (unpaired) electrons. The van der Waals surface area contributed by atoms with Gasteiger partial charge in [0.2, 0.25) is 5.91 Å². The molecule has 0 aliphatic heterocycles. The molecule has 18 heavy (non-hydrogen) atoms. The normalized spacial score (nSPS) is 15.9. The zero-order chi connectivity index (χ0) is 13.2. The lowest BCUT2D eigenvalue weighted by atomic mass is 10.1. The predicted molar refractivity (Wildman–Crippen MR) is 68.2 cm³/mol. The molecule has 1 aromatic carbocycles. The summed E-state index contributed by atoms with van der Waals surface area (Å²) in [5.41, 5.74) is -0.110. The Kier molecular flexibility index (Phi) is 3.36. The first-order valence-electron chi connectivity index (χ1n) is 6.11. The highest BCUT2D eigenvalue weighted by Gasteiger charge is 2.59. The Morgan fingerprint density at radius 3 is 2.33 bits per heavy atom. The van der Waals surface area contributed by atoms with Crippen LogP contribution in [0.5, 0.6) is 0 Å². The lowest BCUT2D eigenvalue weighted by Gasteiger charge is -2.25. The molecule has 1 saturated carbocycles. The Balaban J connectivity index is 2.25. The summed E-state index contributed by atoms with van der Waals surface area (Å²) in [6, 6.07) is 9.39. The third kappa shape index (κ3) is 1.98. The largest absolute Gasteiger partial charge is 0.468 e. The van der Waals surface area contributed by atoms with Gasteiger partial charge in [-0.1, -0.05) is 18.2 Å². The fraction of sp³-hybridized carbons (Fsp3) is 0.429. The monoisotopic (exact) mass is 247 g/mol. The van der Waals surface area contributed by atoms with Crippen molar-refractivity contribution in [1.29, 1.82) is 0 Å². The number of methoxy groups -OCH3 is 1. The van der Waals surface area contributed by atoms with Crippen LogP contribution in [0, 0.1) is 5.41 Å². The number of anilines is 1. The van der Waals surface area contributed by atoms with Crippen LogP contribution in [0.15, 0.2) is 30.3 Å². The second-order valence-corrected chi connectivity index (χ2v) is 4.46. The quantitative estimate of drug-likeness (QED) is 0.604. The molecule has 1 aliphatic rings. The maximum atomic E-state index is 12.5. The number of nitrogens with zero attached hydrogens (tertiary/aromatic N) is 1. The van der Waals surface area contributed by atoms with E-state index in [1.165, 1.54) is 7.11 Å². The van der Waals surface area contributed by atoms with E-state index in [0.29, 0.717) is 19.4 Å². The van der Waals surface area contributed by atoms with Gasteiger partial charge in [-0.2, -0.15) is 0 Å². The average Bonchev–Trinajstić information content (AvgIpc) is 3.21. The standard InChI is InChI=1S/C14H17NO3/c1-3-15(11-7-5-4-6-8-11)12(16)14(9-10-14)13(17)18-2/h4-8H,3,9-10H2,1-2H3. The molecule has 1 aliphatic carbocycles. The molecule has 0 atom stereocenters. The highest BCUT2D eigenvalue weighted by atomic mass is 16.5. The Labute approximate surface area is 107 Å². The first-order chi connectivity index (χ1) is 8.65. The fourth-order valence-electron chi connectivity index (χ4n) is 2.14. The molecule has 1 amide bonds. The molecular weight excluding hydrogens is 230 g/mol. The van der Waals surface area contributed by atoms with Crippen molar-refractivity contribution in [2.75, 3.05) is 18.6 Å². The van der Waals surface area contributed by atoms with Gasteiger partial charge >= 0.3 is 5.97 Å². The van der Waals surface area contributed by atoms with Gasteiger partial charge in [-0.25, -0.2) is 0 Å². The van der Waals surface area contributed by atoms with Crippen molar-refractivity contribution < 1.29 is 14.3 Å². The summed E-state index contributed by atoms with van der Waals surface area (Å²) < 4.78 is 4.74. The predicted octanol–water partition coefficient (Wildman–Crippen LogP) is 1.99. The van der Waals surface area contributed by atoms with Crippen molar-refractivity contribution in [2.24, 2.45) is 5.41 Å². The molecule has 0 heterocycles. The summed E-state index contributed by atoms with van der Waals surface area (Å²) >= 11 is 0. The number of carbonyl (C=O) groups excluding carboxylic acids is 2. The van der Waals surface area contributed by atoms with Gasteiger partial charge in [0.05, 0.1) is 7.11 Å². The fourth-order valence-corrected chi connectivity index (χ4v) is 2.14. The summed E-state index contributed by atoms with van der Waals surface area (Å²) in [6.07, 6.45) is 1.17. The number of carbonyl (C=O) groups is 2. The molecular formula is C14H17NO3. The van der Waals surface area contributed by atoms with Crippen LogP contribution in [0.1, 0.15) is 19.8 Å². The molecule has 4 heteroatoms. The molecule has 96 valence electrons. The number of hydrogen-bond acceptors (Lipinski definition) is 3. The van der Waals surface area contributed by atoms with E-state index in [9.17, 15) is 9.59 Å². The number of esters is 1. The van der Waals surface area contributed by atoms with Gasteiger partial charge < -0.3 is 9.64 Å². The molecule has 0 bridgehead atoms. The summed E-state index contributed by atoms with van der Waals surface area (Å²) in [5.74, 6) is -0.565. The second kappa shape index (κ2) is 4.80. The molecule has 0 spiro atoms. The van der Waals surface area contributed by atoms with Crippen LogP contribution in [0.25, 0.3) is 0 Å². The smallest absolute Gasteiger partial charge is 0.321 e. The molecule has 0 aromatic heterocycles. The topological polar surface area (TPSA) is 46.6 Å². The van der Waals surface area contributed by atoms with E-state index in [1.807, 2.05) is 37.3 Å². The van der Waals surface area contributed by atoms with E-state index < -0.39 is 11.4 Å². The molecule has 0 saturated heterocycles. The van der Waals surface area contributed by atoms with Crippen LogP contribution in [0.3, 0.4) is 0 Å². The third-order valence-electron chi connectivity index (χ3n) is 3.36. The van der Waals surface area contributed by atoms with E-state index >= 15 is 0 Å². The zero-order valence-corrected chi connectivity index (χ0v) is 10.7. The minimum Gasteiger partial charge on any atom is -0.468 e. The second-order valence-electron chi connectivity index (χ2n) is 4.46. The average molecular weight is 247 g/mol. The lowest BCUT2D eigenvalue weighted by Crippen LogP contribution is -2.41. The van der Waals surface area contributed by atoms with Crippen molar-refractivity contribution in [2.45, 2.75) is 19.8 Å². The van der Waals surface area contributed by atoms with Gasteiger partial charge in [-0.05, 0) is 31.9 Å². The molecule has 1 aromatic rings. The van der Waals surface area contributed by atoms with Crippen LogP contribution in [0.4, 0.5) is 5.69 Å². The van der Waals surface area contributed by atoms with Gasteiger partial charge in [0.25, 0.3) is 0 Å². The number of benzene rings is 1. The Bertz CT molecular complexity index is 451. The third-order valence-corrected chi connectivity index (χ3v) is 3.36. The zero-order valence-electron chi connectivity index (χ0n) is 10.7. The first kappa shape index (κ1) is 12.6. The van der Waals surface area contributed by atoms with Crippen molar-refractivity contribution >= 4 is 17.6 Å². The summed E-state index contributed by atoms with van der Waals surface area (Å²) in [7, 11) is 1.33. The number of hydrogen-bond donors (Lipinski definition) is 0. The highest BCUT2D eigenvalue weighted by molar-refractivity contribution is 6.12. The van der Waals surface area contributed by atoms with Crippen molar-refractivity contribution in [3.63, 3.8) is 0 Å². The molecule has 0 unspecified atom stereocenters. The molecule has 1 fully saturated rings. The Hall–Kier alpha value is -1.84.